The van der Waals surface area contributed by atoms with Gasteiger partial charge in [0.25, 0.3) is 0 Å². The van der Waals surface area contributed by atoms with Crippen LogP contribution in [0.25, 0.3) is 0 Å². The van der Waals surface area contributed by atoms with E-state index in [0.29, 0.717) is 5.41 Å². The summed E-state index contributed by atoms with van der Waals surface area (Å²) in [6, 6.07) is 0. The van der Waals surface area contributed by atoms with Crippen LogP contribution in [0.5, 0.6) is 0 Å². The molecule has 1 saturated carbocycles. The van der Waals surface area contributed by atoms with Gasteiger partial charge in [-0.3, -0.25) is 0 Å². The molecule has 0 amide bonds. The van der Waals surface area contributed by atoms with Gasteiger partial charge in [0.2, 0.25) is 0 Å². The van der Waals surface area contributed by atoms with Crippen LogP contribution in [-0.4, -0.2) is 0 Å². The second-order valence-electron chi connectivity index (χ2n) is 9.23. The lowest BCUT2D eigenvalue weighted by molar-refractivity contribution is 0.0780. The average molecular weight is 337 g/mol. The van der Waals surface area contributed by atoms with E-state index in [1.165, 1.54) is 103 Å². The van der Waals surface area contributed by atoms with Crippen LogP contribution < -0.4 is 0 Å². The van der Waals surface area contributed by atoms with Crippen LogP contribution in [-0.2, 0) is 0 Å². The molecular formula is C24H48. The van der Waals surface area contributed by atoms with E-state index >= 15 is 0 Å². The zero-order valence-electron chi connectivity index (χ0n) is 17.7. The van der Waals surface area contributed by atoms with Crippen LogP contribution in [0.15, 0.2) is 0 Å². The first-order chi connectivity index (χ1) is 11.6. The maximum absolute atomic E-state index is 2.63. The molecule has 24 heavy (non-hydrogen) atoms. The smallest absolute Gasteiger partial charge is 0.0323 e. The molecule has 0 radical (unpaired) electrons. The minimum absolute atomic E-state index is 0.671. The normalized spacial score (nSPS) is 27.5. The van der Waals surface area contributed by atoms with E-state index in [0.717, 1.165) is 11.8 Å². The van der Waals surface area contributed by atoms with Gasteiger partial charge < -0.3 is 0 Å². The second kappa shape index (κ2) is 13.2. The van der Waals surface area contributed by atoms with Crippen molar-refractivity contribution in [1.29, 1.82) is 0 Å². The highest BCUT2D eigenvalue weighted by molar-refractivity contribution is 4.87. The summed E-state index contributed by atoms with van der Waals surface area (Å²) >= 11 is 0. The summed E-state index contributed by atoms with van der Waals surface area (Å²) in [5.41, 5.74) is 0.671. The standard InChI is InChI=1S/C24H48/c1-5-8-11-14-17-23-21-24(4,19-15-12-9-6-2)20-18-22(23)16-13-10-7-3/h22-23H,5-21H2,1-4H3. The third-order valence-corrected chi connectivity index (χ3v) is 6.78. The molecular weight excluding hydrogens is 288 g/mol. The van der Waals surface area contributed by atoms with Gasteiger partial charge in [-0.15, -0.1) is 0 Å². The fraction of sp³-hybridized carbons (Fsp3) is 1.00. The molecule has 0 aliphatic heterocycles. The number of hydrogen-bond acceptors (Lipinski definition) is 0. The van der Waals surface area contributed by atoms with Gasteiger partial charge in [-0.1, -0.05) is 111 Å². The fourth-order valence-electron chi connectivity index (χ4n) is 5.08. The van der Waals surface area contributed by atoms with Crippen LogP contribution in [0, 0.1) is 17.3 Å². The van der Waals surface area contributed by atoms with Gasteiger partial charge in [0.15, 0.2) is 0 Å². The highest BCUT2D eigenvalue weighted by Gasteiger charge is 2.36. The van der Waals surface area contributed by atoms with Gasteiger partial charge in [0.1, 0.15) is 0 Å². The molecule has 0 aromatic heterocycles. The Balaban J connectivity index is 2.46. The molecule has 0 spiro atoms. The molecule has 3 unspecified atom stereocenters. The zero-order valence-corrected chi connectivity index (χ0v) is 17.7. The summed E-state index contributed by atoms with van der Waals surface area (Å²) in [6.07, 6.45) is 25.0. The molecule has 144 valence electrons. The van der Waals surface area contributed by atoms with Gasteiger partial charge in [-0.05, 0) is 42.9 Å². The van der Waals surface area contributed by atoms with Crippen molar-refractivity contribution in [1.82, 2.24) is 0 Å². The van der Waals surface area contributed by atoms with Crippen molar-refractivity contribution in [2.45, 2.75) is 137 Å². The van der Waals surface area contributed by atoms with Crippen molar-refractivity contribution >= 4 is 0 Å². The molecule has 0 N–H and O–H groups in total. The largest absolute Gasteiger partial charge is 0.0654 e. The Labute approximate surface area is 154 Å². The first-order valence-corrected chi connectivity index (χ1v) is 11.6. The Hall–Kier alpha value is 0. The quantitative estimate of drug-likeness (QED) is 0.278. The average Bonchev–Trinajstić information content (AvgIpc) is 2.58. The van der Waals surface area contributed by atoms with E-state index in [9.17, 15) is 0 Å². The summed E-state index contributed by atoms with van der Waals surface area (Å²) in [5.74, 6) is 2.10. The van der Waals surface area contributed by atoms with E-state index < -0.39 is 0 Å². The van der Waals surface area contributed by atoms with Crippen molar-refractivity contribution in [2.75, 3.05) is 0 Å². The van der Waals surface area contributed by atoms with Crippen LogP contribution in [0.3, 0.4) is 0 Å². The highest BCUT2D eigenvalue weighted by Crippen LogP contribution is 2.48. The van der Waals surface area contributed by atoms with Crippen molar-refractivity contribution < 1.29 is 0 Å². The molecule has 0 heterocycles. The maximum Gasteiger partial charge on any atom is -0.0323 e. The van der Waals surface area contributed by atoms with Crippen LogP contribution in [0.4, 0.5) is 0 Å². The van der Waals surface area contributed by atoms with Gasteiger partial charge in [0, 0.05) is 0 Å². The number of hydrogen-bond donors (Lipinski definition) is 0. The number of rotatable bonds is 14. The maximum atomic E-state index is 2.63. The molecule has 1 aliphatic carbocycles. The van der Waals surface area contributed by atoms with Crippen molar-refractivity contribution in [3.63, 3.8) is 0 Å². The van der Waals surface area contributed by atoms with E-state index in [-0.39, 0.29) is 0 Å². The van der Waals surface area contributed by atoms with E-state index in [1.54, 1.807) is 6.42 Å². The minimum atomic E-state index is 0.671. The SMILES string of the molecule is CCCCCCC1CC(C)(CCCCCC)CCC1CCCCC. The van der Waals surface area contributed by atoms with Crippen LogP contribution >= 0.6 is 0 Å². The molecule has 0 saturated heterocycles. The Bertz CT molecular complexity index is 282. The van der Waals surface area contributed by atoms with Gasteiger partial charge in [-0.25, -0.2) is 0 Å². The second-order valence-corrected chi connectivity index (χ2v) is 9.23. The molecule has 3 atom stereocenters. The lowest BCUT2D eigenvalue weighted by Crippen LogP contribution is -2.32. The van der Waals surface area contributed by atoms with Gasteiger partial charge >= 0.3 is 0 Å². The highest BCUT2D eigenvalue weighted by atomic mass is 14.4. The van der Waals surface area contributed by atoms with Gasteiger partial charge in [-0.2, -0.15) is 0 Å². The van der Waals surface area contributed by atoms with Crippen LogP contribution in [0.2, 0.25) is 0 Å². The zero-order chi connectivity index (χ0) is 17.7. The monoisotopic (exact) mass is 336 g/mol. The molecule has 1 rings (SSSR count). The minimum Gasteiger partial charge on any atom is -0.0654 e. The summed E-state index contributed by atoms with van der Waals surface area (Å²) in [4.78, 5) is 0. The third kappa shape index (κ3) is 8.91. The first-order valence-electron chi connectivity index (χ1n) is 11.6. The summed E-state index contributed by atoms with van der Waals surface area (Å²) in [7, 11) is 0. The van der Waals surface area contributed by atoms with E-state index in [4.69, 9.17) is 0 Å². The third-order valence-electron chi connectivity index (χ3n) is 6.78. The lowest BCUT2D eigenvalue weighted by atomic mass is 9.62. The predicted molar refractivity (Wildman–Crippen MR) is 111 cm³/mol. The Morgan fingerprint density at radius 3 is 1.88 bits per heavy atom. The first kappa shape index (κ1) is 22.0. The van der Waals surface area contributed by atoms with Crippen molar-refractivity contribution in [2.24, 2.45) is 17.3 Å². The summed E-state index contributed by atoms with van der Waals surface area (Å²) in [6.45, 7) is 9.63. The topological polar surface area (TPSA) is 0 Å². The molecule has 1 fully saturated rings. The van der Waals surface area contributed by atoms with Crippen molar-refractivity contribution in [3.05, 3.63) is 0 Å². The van der Waals surface area contributed by atoms with Crippen LogP contribution in [0.1, 0.15) is 137 Å². The Kier molecular flexibility index (Phi) is 12.2. The molecule has 0 aromatic carbocycles. The lowest BCUT2D eigenvalue weighted by Gasteiger charge is -2.43. The Morgan fingerprint density at radius 1 is 0.667 bits per heavy atom. The molecule has 0 aromatic rings. The molecule has 0 nitrogen and oxygen atoms in total. The summed E-state index contributed by atoms with van der Waals surface area (Å²) < 4.78 is 0. The number of unbranched alkanes of at least 4 members (excludes halogenated alkanes) is 8. The molecule has 0 bridgehead atoms. The molecule has 1 aliphatic rings. The Morgan fingerprint density at radius 2 is 1.21 bits per heavy atom. The van der Waals surface area contributed by atoms with E-state index in [1.807, 2.05) is 0 Å². The summed E-state index contributed by atoms with van der Waals surface area (Å²) in [5, 5.41) is 0. The predicted octanol–water partition coefficient (Wildman–Crippen LogP) is 8.93. The van der Waals surface area contributed by atoms with E-state index in [2.05, 4.69) is 27.7 Å². The van der Waals surface area contributed by atoms with Gasteiger partial charge in [0.05, 0.1) is 0 Å². The van der Waals surface area contributed by atoms with Crippen molar-refractivity contribution in [3.8, 4) is 0 Å². The fourth-order valence-corrected chi connectivity index (χ4v) is 5.08. The molecule has 0 heteroatoms.